The average Bonchev–Trinajstić information content (AvgIpc) is 2.85. The molecule has 2 rings (SSSR count). The van der Waals surface area contributed by atoms with Gasteiger partial charge in [-0.15, -0.1) is 0 Å². The molecule has 0 aromatic heterocycles. The Morgan fingerprint density at radius 2 is 2.23 bits per heavy atom. The molecule has 1 aromatic carbocycles. The molecule has 4 heteroatoms. The van der Waals surface area contributed by atoms with E-state index >= 15 is 0 Å². The van der Waals surface area contributed by atoms with E-state index in [1.165, 1.54) is 12.1 Å². The zero-order valence-electron chi connectivity index (χ0n) is 6.69. The van der Waals surface area contributed by atoms with Crippen LogP contribution in [0.25, 0.3) is 0 Å². The van der Waals surface area contributed by atoms with Gasteiger partial charge in [0.1, 0.15) is 18.1 Å². The number of alkyl halides is 1. The third kappa shape index (κ3) is 1.42. The van der Waals surface area contributed by atoms with Crippen LogP contribution in [0.3, 0.4) is 0 Å². The van der Waals surface area contributed by atoms with Gasteiger partial charge in [-0.25, -0.2) is 8.78 Å². The van der Waals surface area contributed by atoms with Crippen molar-refractivity contribution in [3.05, 3.63) is 34.6 Å². The van der Waals surface area contributed by atoms with E-state index in [2.05, 4.69) is 0 Å². The van der Waals surface area contributed by atoms with Crippen molar-refractivity contribution in [2.24, 2.45) is 0 Å². The Hall–Kier alpha value is -0.670. The molecule has 70 valence electrons. The molecule has 1 saturated heterocycles. The van der Waals surface area contributed by atoms with Crippen LogP contribution in [0.4, 0.5) is 8.78 Å². The Morgan fingerprint density at radius 3 is 2.69 bits per heavy atom. The van der Waals surface area contributed by atoms with E-state index in [4.69, 9.17) is 16.3 Å². The molecule has 1 unspecified atom stereocenters. The number of ether oxygens (including phenoxy) is 1. The van der Waals surface area contributed by atoms with Gasteiger partial charge in [-0.2, -0.15) is 0 Å². The third-order valence-corrected chi connectivity index (χ3v) is 2.44. The highest BCUT2D eigenvalue weighted by Gasteiger charge is 2.48. The summed E-state index contributed by atoms with van der Waals surface area (Å²) in [5.41, 5.74) is -0.372. The quantitative estimate of drug-likeness (QED) is 0.675. The summed E-state index contributed by atoms with van der Waals surface area (Å²) in [6.07, 6.45) is 0. The van der Waals surface area contributed by atoms with E-state index in [1.54, 1.807) is 0 Å². The van der Waals surface area contributed by atoms with Gasteiger partial charge >= 0.3 is 0 Å². The largest absolute Gasteiger partial charge is 0.362 e. The first-order chi connectivity index (χ1) is 6.18. The summed E-state index contributed by atoms with van der Waals surface area (Å²) in [6, 6.07) is 3.88. The summed E-state index contributed by atoms with van der Waals surface area (Å²) in [6.45, 7) is -0.312. The van der Waals surface area contributed by atoms with E-state index < -0.39 is 18.1 Å². The summed E-state index contributed by atoms with van der Waals surface area (Å²) >= 11 is 5.75. The first-order valence-corrected chi connectivity index (χ1v) is 4.21. The number of epoxide rings is 1. The molecule has 0 N–H and O–H groups in total. The lowest BCUT2D eigenvalue weighted by Gasteiger charge is -2.09. The second-order valence-corrected chi connectivity index (χ2v) is 3.45. The summed E-state index contributed by atoms with van der Waals surface area (Å²) in [5, 5.41) is 0.218. The molecular formula is C9H7ClF2O. The van der Waals surface area contributed by atoms with Crippen molar-refractivity contribution in [1.29, 1.82) is 0 Å². The molecule has 1 aliphatic rings. The monoisotopic (exact) mass is 204 g/mol. The molecular weight excluding hydrogens is 198 g/mol. The van der Waals surface area contributed by atoms with Gasteiger partial charge in [0.25, 0.3) is 0 Å². The van der Waals surface area contributed by atoms with Crippen LogP contribution in [-0.2, 0) is 10.3 Å². The molecule has 13 heavy (non-hydrogen) atoms. The Balaban J connectivity index is 2.41. The molecule has 0 aliphatic carbocycles. The zero-order valence-corrected chi connectivity index (χ0v) is 7.44. The molecule has 1 atom stereocenters. The SMILES string of the molecule is FCC1(c2ccc(F)cc2Cl)CO1. The van der Waals surface area contributed by atoms with E-state index in [0.717, 1.165) is 6.07 Å². The fourth-order valence-electron chi connectivity index (χ4n) is 1.25. The second-order valence-electron chi connectivity index (χ2n) is 3.04. The Morgan fingerprint density at radius 1 is 1.54 bits per heavy atom. The maximum Gasteiger partial charge on any atom is 0.146 e. The molecule has 0 spiro atoms. The predicted octanol–water partition coefficient (Wildman–Crippen LogP) is 2.67. The summed E-state index contributed by atoms with van der Waals surface area (Å²) in [7, 11) is 0. The molecule has 0 saturated carbocycles. The number of benzene rings is 1. The minimum atomic E-state index is -0.898. The minimum absolute atomic E-state index is 0.218. The number of hydrogen-bond donors (Lipinski definition) is 0. The van der Waals surface area contributed by atoms with Crippen LogP contribution in [0.15, 0.2) is 18.2 Å². The highest BCUT2D eigenvalue weighted by molar-refractivity contribution is 6.31. The number of hydrogen-bond acceptors (Lipinski definition) is 1. The van der Waals surface area contributed by atoms with E-state index in [0.29, 0.717) is 12.2 Å². The average molecular weight is 205 g/mol. The fraction of sp³-hybridized carbons (Fsp3) is 0.333. The first-order valence-electron chi connectivity index (χ1n) is 3.83. The zero-order chi connectivity index (χ0) is 9.47. The summed E-state index contributed by atoms with van der Waals surface area (Å²) < 4.78 is 30.1. The lowest BCUT2D eigenvalue weighted by atomic mass is 10.0. The van der Waals surface area contributed by atoms with Gasteiger partial charge in [0.2, 0.25) is 0 Å². The van der Waals surface area contributed by atoms with Crippen LogP contribution >= 0.6 is 11.6 Å². The van der Waals surface area contributed by atoms with Crippen molar-refractivity contribution < 1.29 is 13.5 Å². The van der Waals surface area contributed by atoms with Crippen LogP contribution in [0.1, 0.15) is 5.56 Å². The maximum atomic E-state index is 12.6. The van der Waals surface area contributed by atoms with Gasteiger partial charge in [0.15, 0.2) is 0 Å². The topological polar surface area (TPSA) is 12.5 Å². The maximum absolute atomic E-state index is 12.6. The van der Waals surface area contributed by atoms with Crippen molar-refractivity contribution >= 4 is 11.6 Å². The van der Waals surface area contributed by atoms with Crippen LogP contribution in [-0.4, -0.2) is 13.3 Å². The van der Waals surface area contributed by atoms with Crippen molar-refractivity contribution in [2.75, 3.05) is 13.3 Å². The van der Waals surface area contributed by atoms with Gasteiger partial charge in [-0.05, 0) is 12.1 Å². The Bertz CT molecular complexity index is 336. The highest BCUT2D eigenvalue weighted by Crippen LogP contribution is 2.42. The first kappa shape index (κ1) is 8.91. The third-order valence-electron chi connectivity index (χ3n) is 2.13. The van der Waals surface area contributed by atoms with Crippen LogP contribution in [0.5, 0.6) is 0 Å². The van der Waals surface area contributed by atoms with Crippen LogP contribution in [0.2, 0.25) is 5.02 Å². The molecule has 1 heterocycles. The van der Waals surface area contributed by atoms with Crippen molar-refractivity contribution in [3.8, 4) is 0 Å². The molecule has 0 bridgehead atoms. The van der Waals surface area contributed by atoms with Crippen molar-refractivity contribution in [1.82, 2.24) is 0 Å². The second kappa shape index (κ2) is 2.93. The van der Waals surface area contributed by atoms with E-state index in [-0.39, 0.29) is 5.02 Å². The molecule has 0 radical (unpaired) electrons. The van der Waals surface area contributed by atoms with Crippen LogP contribution in [0, 0.1) is 5.82 Å². The van der Waals surface area contributed by atoms with Gasteiger partial charge in [-0.1, -0.05) is 17.7 Å². The molecule has 1 fully saturated rings. The standard InChI is InChI=1S/C9H7ClF2O/c10-8-3-6(12)1-2-7(8)9(4-11)5-13-9/h1-3H,4-5H2. The Kier molecular flexibility index (Phi) is 2.00. The van der Waals surface area contributed by atoms with Gasteiger partial charge in [0, 0.05) is 10.6 Å². The van der Waals surface area contributed by atoms with Crippen molar-refractivity contribution in [2.45, 2.75) is 5.60 Å². The van der Waals surface area contributed by atoms with Crippen LogP contribution < -0.4 is 0 Å². The smallest absolute Gasteiger partial charge is 0.146 e. The molecule has 1 aromatic rings. The lowest BCUT2D eigenvalue weighted by molar-refractivity contribution is 0.249. The highest BCUT2D eigenvalue weighted by atomic mass is 35.5. The van der Waals surface area contributed by atoms with E-state index in [9.17, 15) is 8.78 Å². The van der Waals surface area contributed by atoms with E-state index in [1.807, 2.05) is 0 Å². The number of halogens is 3. The number of rotatable bonds is 2. The van der Waals surface area contributed by atoms with Crippen molar-refractivity contribution in [3.63, 3.8) is 0 Å². The fourth-order valence-corrected chi connectivity index (χ4v) is 1.59. The summed E-state index contributed by atoms with van der Waals surface area (Å²) in [4.78, 5) is 0. The normalized spacial score (nSPS) is 26.1. The summed E-state index contributed by atoms with van der Waals surface area (Å²) in [5.74, 6) is -0.427. The van der Waals surface area contributed by atoms with Gasteiger partial charge in [-0.3, -0.25) is 0 Å². The molecule has 1 aliphatic heterocycles. The predicted molar refractivity (Wildman–Crippen MR) is 45.0 cm³/mol. The van der Waals surface area contributed by atoms with Gasteiger partial charge in [0.05, 0.1) is 6.61 Å². The molecule has 0 amide bonds. The molecule has 1 nitrogen and oxygen atoms in total. The Labute approximate surface area is 79.3 Å². The lowest BCUT2D eigenvalue weighted by Crippen LogP contribution is -2.11. The minimum Gasteiger partial charge on any atom is -0.362 e. The van der Waals surface area contributed by atoms with Gasteiger partial charge < -0.3 is 4.74 Å².